The number of carbonyl (C=O) groups is 1. The van der Waals surface area contributed by atoms with Crippen molar-refractivity contribution in [2.45, 2.75) is 23.8 Å². The summed E-state index contributed by atoms with van der Waals surface area (Å²) >= 11 is 0. The van der Waals surface area contributed by atoms with Crippen molar-refractivity contribution < 1.29 is 17.9 Å². The Balaban J connectivity index is 1.86. The van der Waals surface area contributed by atoms with Gasteiger partial charge in [-0.1, -0.05) is 54.6 Å². The summed E-state index contributed by atoms with van der Waals surface area (Å²) in [6, 6.07) is 16.1. The number of ether oxygens (including phenoxy) is 1. The molecule has 2 aromatic carbocycles. The third-order valence-electron chi connectivity index (χ3n) is 4.53. The highest BCUT2D eigenvalue weighted by molar-refractivity contribution is 7.91. The van der Waals surface area contributed by atoms with Gasteiger partial charge >= 0.3 is 0 Å². The quantitative estimate of drug-likeness (QED) is 0.888. The van der Waals surface area contributed by atoms with Crippen LogP contribution in [-0.2, 0) is 25.8 Å². The largest absolute Gasteiger partial charge is 0.367 e. The molecule has 3 atom stereocenters. The van der Waals surface area contributed by atoms with Crippen LogP contribution in [0.2, 0.25) is 0 Å². The van der Waals surface area contributed by atoms with Crippen LogP contribution in [0.1, 0.15) is 28.0 Å². The molecule has 6 heteroatoms. The molecule has 0 fully saturated rings. The Morgan fingerprint density at radius 1 is 1.12 bits per heavy atom. The minimum atomic E-state index is -3.36. The number of rotatable bonds is 5. The number of hydrogen-bond donors (Lipinski definition) is 1. The molecule has 5 nitrogen and oxygen atoms in total. The van der Waals surface area contributed by atoms with Crippen LogP contribution in [0.25, 0.3) is 0 Å². The number of hydrogen-bond acceptors (Lipinski definition) is 4. The van der Waals surface area contributed by atoms with Crippen molar-refractivity contribution in [3.8, 4) is 0 Å². The number of carbonyl (C=O) groups excluding carboxylic acids is 1. The van der Waals surface area contributed by atoms with Crippen LogP contribution in [-0.4, -0.2) is 33.7 Å². The summed E-state index contributed by atoms with van der Waals surface area (Å²) < 4.78 is 30.0. The van der Waals surface area contributed by atoms with Crippen LogP contribution in [0.4, 0.5) is 0 Å². The molecule has 0 radical (unpaired) electrons. The smallest absolute Gasteiger partial charge is 0.254 e. The number of methoxy groups -OCH3 is 1. The molecule has 0 saturated heterocycles. The third kappa shape index (κ3) is 3.60. The van der Waals surface area contributed by atoms with E-state index in [1.54, 1.807) is 0 Å². The average molecular weight is 359 g/mol. The molecule has 2 aromatic rings. The molecule has 1 amide bonds. The molecule has 1 aliphatic carbocycles. The Morgan fingerprint density at radius 2 is 1.76 bits per heavy atom. The summed E-state index contributed by atoms with van der Waals surface area (Å²) in [5.74, 6) is -0.333. The van der Waals surface area contributed by atoms with Crippen LogP contribution in [0.15, 0.2) is 54.6 Å². The van der Waals surface area contributed by atoms with E-state index < -0.39 is 27.2 Å². The molecule has 1 aliphatic rings. The Labute approximate surface area is 147 Å². The van der Waals surface area contributed by atoms with Crippen LogP contribution in [0.3, 0.4) is 0 Å². The first kappa shape index (κ1) is 17.6. The number of nitrogens with one attached hydrogen (secondary N) is 1. The fourth-order valence-electron chi connectivity index (χ4n) is 3.49. The lowest BCUT2D eigenvalue weighted by Gasteiger charge is -2.23. The van der Waals surface area contributed by atoms with Crippen molar-refractivity contribution in [1.29, 1.82) is 0 Å². The first-order valence-electron chi connectivity index (χ1n) is 8.06. The molecule has 0 heterocycles. The van der Waals surface area contributed by atoms with Crippen LogP contribution in [0.5, 0.6) is 0 Å². The zero-order valence-corrected chi connectivity index (χ0v) is 15.0. The summed E-state index contributed by atoms with van der Waals surface area (Å²) in [6.45, 7) is 0. The molecule has 0 aliphatic heterocycles. The molecule has 132 valence electrons. The van der Waals surface area contributed by atoms with E-state index >= 15 is 0 Å². The highest BCUT2D eigenvalue weighted by Gasteiger charge is 2.40. The maximum absolute atomic E-state index is 12.7. The van der Waals surface area contributed by atoms with Gasteiger partial charge in [-0.15, -0.1) is 0 Å². The summed E-state index contributed by atoms with van der Waals surface area (Å²) in [4.78, 5) is 12.7. The molecule has 0 unspecified atom stereocenters. The van der Waals surface area contributed by atoms with E-state index in [1.807, 2.05) is 54.6 Å². The van der Waals surface area contributed by atoms with Gasteiger partial charge in [-0.25, -0.2) is 8.42 Å². The minimum absolute atomic E-state index is 0.333. The van der Waals surface area contributed by atoms with E-state index in [1.165, 1.54) is 13.4 Å². The summed E-state index contributed by atoms with van der Waals surface area (Å²) in [5, 5.41) is 2.15. The van der Waals surface area contributed by atoms with Crippen molar-refractivity contribution in [3.05, 3.63) is 71.3 Å². The number of benzene rings is 2. The Morgan fingerprint density at radius 3 is 2.40 bits per heavy atom. The van der Waals surface area contributed by atoms with Gasteiger partial charge in [-0.2, -0.15) is 0 Å². The van der Waals surface area contributed by atoms with Gasteiger partial charge in [0.25, 0.3) is 5.91 Å². The maximum Gasteiger partial charge on any atom is 0.254 e. The van der Waals surface area contributed by atoms with Crippen molar-refractivity contribution in [2.24, 2.45) is 0 Å². The molecule has 0 spiro atoms. The van der Waals surface area contributed by atoms with E-state index in [0.717, 1.165) is 16.7 Å². The van der Waals surface area contributed by atoms with Crippen molar-refractivity contribution in [1.82, 2.24) is 5.32 Å². The zero-order chi connectivity index (χ0) is 18.0. The van der Waals surface area contributed by atoms with Crippen molar-refractivity contribution in [2.75, 3.05) is 13.4 Å². The predicted octanol–water partition coefficient (Wildman–Crippen LogP) is 2.20. The summed E-state index contributed by atoms with van der Waals surface area (Å²) in [7, 11) is -1.90. The summed E-state index contributed by atoms with van der Waals surface area (Å²) in [5.41, 5.74) is 2.45. The van der Waals surface area contributed by atoms with E-state index in [9.17, 15) is 13.2 Å². The summed E-state index contributed by atoms with van der Waals surface area (Å²) in [6.07, 6.45) is 0.930. The Kier molecular flexibility index (Phi) is 4.92. The molecular weight excluding hydrogens is 338 g/mol. The third-order valence-corrected chi connectivity index (χ3v) is 6.04. The van der Waals surface area contributed by atoms with Crippen molar-refractivity contribution in [3.63, 3.8) is 0 Å². The zero-order valence-electron chi connectivity index (χ0n) is 14.2. The van der Waals surface area contributed by atoms with Crippen LogP contribution in [0, 0.1) is 0 Å². The molecule has 0 aromatic heterocycles. The second kappa shape index (κ2) is 6.98. The molecule has 25 heavy (non-hydrogen) atoms. The second-order valence-corrected chi connectivity index (χ2v) is 8.46. The normalized spacial score (nSPS) is 20.7. The topological polar surface area (TPSA) is 72.5 Å². The highest BCUT2D eigenvalue weighted by atomic mass is 32.2. The Hall–Kier alpha value is -2.18. The lowest BCUT2D eigenvalue weighted by atomic mass is 10.1. The van der Waals surface area contributed by atoms with Gasteiger partial charge < -0.3 is 10.1 Å². The van der Waals surface area contributed by atoms with E-state index in [2.05, 4.69) is 5.32 Å². The van der Waals surface area contributed by atoms with Crippen LogP contribution < -0.4 is 5.32 Å². The van der Waals surface area contributed by atoms with E-state index in [-0.39, 0.29) is 5.91 Å². The average Bonchev–Trinajstić information content (AvgIpc) is 2.94. The minimum Gasteiger partial charge on any atom is -0.367 e. The highest BCUT2D eigenvalue weighted by Crippen LogP contribution is 2.37. The van der Waals surface area contributed by atoms with Gasteiger partial charge in [-0.05, 0) is 23.1 Å². The van der Waals surface area contributed by atoms with Gasteiger partial charge in [0, 0.05) is 13.4 Å². The number of amides is 1. The standard InChI is InChI=1S/C19H21NO4S/c1-24-17(13-8-4-3-5-9-13)19(21)20-16-12-14-10-6-7-11-15(14)18(16)25(2,22)23/h3-11,16-18H,12H2,1-2H3,(H,20,21)/t16-,17+,18-/m0/s1. The van der Waals surface area contributed by atoms with Crippen LogP contribution >= 0.6 is 0 Å². The van der Waals surface area contributed by atoms with E-state index in [0.29, 0.717) is 6.42 Å². The first-order chi connectivity index (χ1) is 11.9. The fourth-order valence-corrected chi connectivity index (χ4v) is 4.95. The van der Waals surface area contributed by atoms with Gasteiger partial charge in [-0.3, -0.25) is 4.79 Å². The van der Waals surface area contributed by atoms with E-state index in [4.69, 9.17) is 4.74 Å². The molecule has 0 saturated carbocycles. The number of sulfone groups is 1. The molecule has 1 N–H and O–H groups in total. The van der Waals surface area contributed by atoms with Gasteiger partial charge in [0.1, 0.15) is 5.25 Å². The van der Waals surface area contributed by atoms with Gasteiger partial charge in [0.05, 0.1) is 6.04 Å². The lowest BCUT2D eigenvalue weighted by Crippen LogP contribution is -2.42. The maximum atomic E-state index is 12.7. The fraction of sp³-hybridized carbons (Fsp3) is 0.316. The first-order valence-corrected chi connectivity index (χ1v) is 10.0. The monoisotopic (exact) mass is 359 g/mol. The predicted molar refractivity (Wildman–Crippen MR) is 95.9 cm³/mol. The molecular formula is C19H21NO4S. The van der Waals surface area contributed by atoms with Gasteiger partial charge in [0.15, 0.2) is 15.9 Å². The lowest BCUT2D eigenvalue weighted by molar-refractivity contribution is -0.132. The Bertz CT molecular complexity index is 864. The molecule has 0 bridgehead atoms. The van der Waals surface area contributed by atoms with Crippen molar-refractivity contribution >= 4 is 15.7 Å². The SMILES string of the molecule is CO[C@@H](C(=O)N[C@H]1Cc2ccccc2[C@@H]1S(C)(=O)=O)c1ccccc1. The van der Waals surface area contributed by atoms with Gasteiger partial charge in [0.2, 0.25) is 0 Å². The molecule has 3 rings (SSSR count). The number of fused-ring (bicyclic) bond motifs is 1. The second-order valence-electron chi connectivity index (χ2n) is 6.29.